The zero-order valence-electron chi connectivity index (χ0n) is 10.9. The van der Waals surface area contributed by atoms with Crippen molar-refractivity contribution >= 4 is 34.1 Å². The van der Waals surface area contributed by atoms with Gasteiger partial charge in [-0.05, 0) is 12.8 Å². The first-order valence-electron chi connectivity index (χ1n) is 6.88. The maximum absolute atomic E-state index is 12.1. The van der Waals surface area contributed by atoms with Crippen LogP contribution in [0.5, 0.6) is 0 Å². The van der Waals surface area contributed by atoms with Crippen LogP contribution in [-0.2, 0) is 4.79 Å². The summed E-state index contributed by atoms with van der Waals surface area (Å²) >= 11 is 3.57. The molecule has 2 fully saturated rings. The van der Waals surface area contributed by atoms with Crippen molar-refractivity contribution in [2.24, 2.45) is 0 Å². The smallest absolute Gasteiger partial charge is 0.240 e. The lowest BCUT2D eigenvalue weighted by Gasteiger charge is -2.43. The molecule has 1 aliphatic carbocycles. The van der Waals surface area contributed by atoms with Crippen LogP contribution in [0.2, 0.25) is 0 Å². The van der Waals surface area contributed by atoms with Crippen LogP contribution >= 0.6 is 23.1 Å². The first-order chi connectivity index (χ1) is 9.33. The van der Waals surface area contributed by atoms with E-state index in [0.29, 0.717) is 17.7 Å². The summed E-state index contributed by atoms with van der Waals surface area (Å²) in [6.45, 7) is 1.55. The lowest BCUT2D eigenvalue weighted by Crippen LogP contribution is -2.51. The number of hydrogen-bond acceptors (Lipinski definition) is 5. The Morgan fingerprint density at radius 3 is 3.21 bits per heavy atom. The SMILES string of the molecule is O=C(CN1CCS[C@H]2CCCC[C@H]21)Nc1nccs1. The zero-order chi connectivity index (χ0) is 13.1. The zero-order valence-corrected chi connectivity index (χ0v) is 12.5. The number of carbonyl (C=O) groups excluding carboxylic acids is 1. The molecule has 0 spiro atoms. The fourth-order valence-electron chi connectivity index (χ4n) is 3.00. The summed E-state index contributed by atoms with van der Waals surface area (Å²) in [5, 5.41) is 6.21. The van der Waals surface area contributed by atoms with Gasteiger partial charge in [0.1, 0.15) is 0 Å². The number of anilines is 1. The molecule has 0 aromatic carbocycles. The molecule has 3 rings (SSSR count). The highest BCUT2D eigenvalue weighted by molar-refractivity contribution is 8.00. The highest BCUT2D eigenvalue weighted by Gasteiger charge is 2.34. The standard InChI is InChI=1S/C13H19N3OS2/c17-12(15-13-14-5-7-19-13)9-16-6-8-18-11-4-2-1-3-10(11)16/h5,7,10-11H,1-4,6,8-9H2,(H,14,15,17)/t10-,11+/m1/s1. The molecule has 19 heavy (non-hydrogen) atoms. The van der Waals surface area contributed by atoms with E-state index in [9.17, 15) is 4.79 Å². The number of aromatic nitrogens is 1. The molecule has 2 heterocycles. The van der Waals surface area contributed by atoms with Gasteiger partial charge in [0.25, 0.3) is 0 Å². The summed E-state index contributed by atoms with van der Waals surface area (Å²) in [5.74, 6) is 1.23. The Morgan fingerprint density at radius 1 is 1.47 bits per heavy atom. The van der Waals surface area contributed by atoms with Gasteiger partial charge < -0.3 is 5.32 Å². The van der Waals surface area contributed by atoms with Gasteiger partial charge in [0.05, 0.1) is 6.54 Å². The maximum atomic E-state index is 12.1. The number of carbonyl (C=O) groups is 1. The van der Waals surface area contributed by atoms with Crippen molar-refractivity contribution in [3.63, 3.8) is 0 Å². The summed E-state index contributed by atoms with van der Waals surface area (Å²) in [6.07, 6.45) is 6.96. The fourth-order valence-corrected chi connectivity index (χ4v) is 5.05. The molecular formula is C13H19N3OS2. The van der Waals surface area contributed by atoms with E-state index < -0.39 is 0 Å². The molecule has 1 aliphatic heterocycles. The largest absolute Gasteiger partial charge is 0.301 e. The molecule has 0 bridgehead atoms. The number of thioether (sulfide) groups is 1. The minimum atomic E-state index is 0.0752. The summed E-state index contributed by atoms with van der Waals surface area (Å²) in [6, 6.07) is 0.606. The molecule has 2 aliphatic rings. The monoisotopic (exact) mass is 297 g/mol. The third-order valence-corrected chi connectivity index (χ3v) is 5.96. The van der Waals surface area contributed by atoms with Crippen LogP contribution < -0.4 is 5.32 Å². The Morgan fingerprint density at radius 2 is 2.37 bits per heavy atom. The molecular weight excluding hydrogens is 278 g/mol. The maximum Gasteiger partial charge on any atom is 0.240 e. The van der Waals surface area contributed by atoms with Crippen LogP contribution in [0.15, 0.2) is 11.6 Å². The van der Waals surface area contributed by atoms with Crippen molar-refractivity contribution in [3.8, 4) is 0 Å². The number of amides is 1. The van der Waals surface area contributed by atoms with E-state index in [1.165, 1.54) is 37.0 Å². The highest BCUT2D eigenvalue weighted by atomic mass is 32.2. The Balaban J connectivity index is 1.57. The van der Waals surface area contributed by atoms with E-state index in [1.807, 2.05) is 5.38 Å². The van der Waals surface area contributed by atoms with Gasteiger partial charge in [-0.1, -0.05) is 12.8 Å². The van der Waals surface area contributed by atoms with E-state index in [1.54, 1.807) is 6.20 Å². The highest BCUT2D eigenvalue weighted by Crippen LogP contribution is 2.35. The number of fused-ring (bicyclic) bond motifs is 1. The average Bonchev–Trinajstić information content (AvgIpc) is 2.92. The van der Waals surface area contributed by atoms with Gasteiger partial charge in [0.2, 0.25) is 5.91 Å². The Labute approximate surface area is 122 Å². The quantitative estimate of drug-likeness (QED) is 0.931. The van der Waals surface area contributed by atoms with Crippen LogP contribution in [0.1, 0.15) is 25.7 Å². The molecule has 1 aromatic rings. The number of rotatable bonds is 3. The summed E-state index contributed by atoms with van der Waals surface area (Å²) in [4.78, 5) is 18.5. The van der Waals surface area contributed by atoms with Gasteiger partial charge in [0.15, 0.2) is 5.13 Å². The molecule has 2 atom stereocenters. The fraction of sp³-hybridized carbons (Fsp3) is 0.692. The topological polar surface area (TPSA) is 45.2 Å². The Hall–Kier alpha value is -0.590. The number of thiazole rings is 1. The molecule has 0 radical (unpaired) electrons. The van der Waals surface area contributed by atoms with Gasteiger partial charge in [-0.2, -0.15) is 11.8 Å². The Bertz CT molecular complexity index is 422. The first kappa shape index (κ1) is 13.4. The minimum Gasteiger partial charge on any atom is -0.301 e. The van der Waals surface area contributed by atoms with Gasteiger partial charge in [0, 0.05) is 35.2 Å². The summed E-state index contributed by atoms with van der Waals surface area (Å²) in [5.41, 5.74) is 0. The van der Waals surface area contributed by atoms with E-state index in [0.717, 1.165) is 17.5 Å². The van der Waals surface area contributed by atoms with Crippen molar-refractivity contribution < 1.29 is 4.79 Å². The second-order valence-corrected chi connectivity index (χ2v) is 7.36. The van der Waals surface area contributed by atoms with E-state index in [4.69, 9.17) is 0 Å². The van der Waals surface area contributed by atoms with E-state index in [2.05, 4.69) is 27.0 Å². The average molecular weight is 297 g/mol. The van der Waals surface area contributed by atoms with Crippen LogP contribution in [0.25, 0.3) is 0 Å². The normalized spacial score (nSPS) is 27.8. The molecule has 1 amide bonds. The molecule has 6 heteroatoms. The van der Waals surface area contributed by atoms with Crippen LogP contribution in [0, 0.1) is 0 Å². The van der Waals surface area contributed by atoms with E-state index in [-0.39, 0.29) is 5.91 Å². The van der Waals surface area contributed by atoms with Gasteiger partial charge in [-0.15, -0.1) is 11.3 Å². The van der Waals surface area contributed by atoms with E-state index >= 15 is 0 Å². The van der Waals surface area contributed by atoms with Gasteiger partial charge in [-0.25, -0.2) is 4.98 Å². The second kappa shape index (κ2) is 6.24. The van der Waals surface area contributed by atoms with Gasteiger partial charge in [-0.3, -0.25) is 9.69 Å². The third kappa shape index (κ3) is 3.30. The van der Waals surface area contributed by atoms with Gasteiger partial charge >= 0.3 is 0 Å². The molecule has 1 saturated heterocycles. The lowest BCUT2D eigenvalue weighted by molar-refractivity contribution is -0.118. The summed E-state index contributed by atoms with van der Waals surface area (Å²) < 4.78 is 0. The van der Waals surface area contributed by atoms with Crippen LogP contribution in [-0.4, -0.2) is 45.9 Å². The molecule has 1 N–H and O–H groups in total. The molecule has 0 unspecified atom stereocenters. The number of hydrogen-bond donors (Lipinski definition) is 1. The molecule has 104 valence electrons. The molecule has 1 aromatic heterocycles. The third-order valence-electron chi connectivity index (χ3n) is 3.87. The second-order valence-electron chi connectivity index (χ2n) is 5.12. The first-order valence-corrected chi connectivity index (χ1v) is 8.81. The minimum absolute atomic E-state index is 0.0752. The van der Waals surface area contributed by atoms with Crippen LogP contribution in [0.3, 0.4) is 0 Å². The van der Waals surface area contributed by atoms with Crippen molar-refractivity contribution in [2.75, 3.05) is 24.2 Å². The Kier molecular flexibility index (Phi) is 4.40. The van der Waals surface area contributed by atoms with Crippen molar-refractivity contribution in [1.82, 2.24) is 9.88 Å². The van der Waals surface area contributed by atoms with Crippen molar-refractivity contribution in [2.45, 2.75) is 37.0 Å². The van der Waals surface area contributed by atoms with Crippen molar-refractivity contribution in [3.05, 3.63) is 11.6 Å². The van der Waals surface area contributed by atoms with Crippen LogP contribution in [0.4, 0.5) is 5.13 Å². The lowest BCUT2D eigenvalue weighted by atomic mass is 9.93. The number of nitrogens with zero attached hydrogens (tertiary/aromatic N) is 2. The summed E-state index contributed by atoms with van der Waals surface area (Å²) in [7, 11) is 0. The molecule has 1 saturated carbocycles. The predicted molar refractivity (Wildman–Crippen MR) is 80.8 cm³/mol. The molecule has 4 nitrogen and oxygen atoms in total. The predicted octanol–water partition coefficient (Wildman–Crippen LogP) is 2.44. The van der Waals surface area contributed by atoms with Crippen molar-refractivity contribution in [1.29, 1.82) is 0 Å². The number of nitrogens with one attached hydrogen (secondary N) is 1.